The first-order chi connectivity index (χ1) is 13.1. The second kappa shape index (κ2) is 5.89. The van der Waals surface area contributed by atoms with Crippen molar-refractivity contribution in [1.82, 2.24) is 15.0 Å². The lowest BCUT2D eigenvalue weighted by atomic mass is 9.87. The van der Waals surface area contributed by atoms with Gasteiger partial charge in [0, 0.05) is 22.6 Å². The average molecular weight is 378 g/mol. The molecule has 2 aliphatic rings. The molecule has 2 aromatic carbocycles. The first-order valence-corrected chi connectivity index (χ1v) is 8.76. The lowest BCUT2D eigenvalue weighted by molar-refractivity contribution is 0.0834. The zero-order valence-electron chi connectivity index (χ0n) is 13.9. The van der Waals surface area contributed by atoms with E-state index in [1.807, 2.05) is 12.1 Å². The van der Waals surface area contributed by atoms with Gasteiger partial charge < -0.3 is 4.74 Å². The van der Waals surface area contributed by atoms with Crippen LogP contribution in [0.3, 0.4) is 0 Å². The highest BCUT2D eigenvalue weighted by molar-refractivity contribution is 6.30. The number of carbonyl (C=O) groups excluding carboxylic acids is 2. The maximum atomic E-state index is 12.7. The molecular formula is C20H12ClN3O3. The van der Waals surface area contributed by atoms with Gasteiger partial charge in [0.1, 0.15) is 11.8 Å². The summed E-state index contributed by atoms with van der Waals surface area (Å²) in [5, 5.41) is 8.90. The van der Waals surface area contributed by atoms with Gasteiger partial charge in [-0.15, -0.1) is 5.10 Å². The molecule has 1 unspecified atom stereocenters. The molecule has 0 amide bonds. The molecule has 7 heteroatoms. The van der Waals surface area contributed by atoms with Crippen molar-refractivity contribution in [2.24, 2.45) is 0 Å². The lowest BCUT2D eigenvalue weighted by Gasteiger charge is -2.14. The molecule has 0 bridgehead atoms. The molecule has 132 valence electrons. The zero-order valence-corrected chi connectivity index (χ0v) is 14.7. The van der Waals surface area contributed by atoms with E-state index in [0.717, 1.165) is 5.69 Å². The Labute approximate surface area is 159 Å². The minimum atomic E-state index is -0.515. The number of hydrogen-bond donors (Lipinski definition) is 0. The number of Topliss-reactive ketones (excluding diaryl/α,β-unsaturated/α-hetero) is 2. The van der Waals surface area contributed by atoms with Crippen molar-refractivity contribution < 1.29 is 14.3 Å². The topological polar surface area (TPSA) is 74.1 Å². The van der Waals surface area contributed by atoms with Crippen LogP contribution in [0, 0.1) is 0 Å². The summed E-state index contributed by atoms with van der Waals surface area (Å²) in [6.07, 6.45) is 1.51. The fourth-order valence-corrected chi connectivity index (χ4v) is 3.52. The van der Waals surface area contributed by atoms with Gasteiger partial charge in [-0.3, -0.25) is 9.59 Å². The molecule has 0 saturated heterocycles. The second-order valence-electron chi connectivity index (χ2n) is 6.39. The van der Waals surface area contributed by atoms with E-state index in [1.165, 1.54) is 0 Å². The van der Waals surface area contributed by atoms with Gasteiger partial charge in [-0.2, -0.15) is 0 Å². The highest BCUT2D eigenvalue weighted by Gasteiger charge is 2.41. The third kappa shape index (κ3) is 2.49. The maximum absolute atomic E-state index is 12.7. The Morgan fingerprint density at radius 3 is 2.44 bits per heavy atom. The first-order valence-electron chi connectivity index (χ1n) is 8.38. The van der Waals surface area contributed by atoms with E-state index >= 15 is 0 Å². The van der Waals surface area contributed by atoms with Crippen molar-refractivity contribution in [3.05, 3.63) is 87.9 Å². The quantitative estimate of drug-likeness (QED) is 0.680. The fraction of sp³-hybridized carbons (Fsp3) is 0.100. The Bertz CT molecular complexity index is 1080. The van der Waals surface area contributed by atoms with Gasteiger partial charge in [0.05, 0.1) is 17.5 Å². The molecule has 1 aliphatic heterocycles. The van der Waals surface area contributed by atoms with E-state index in [9.17, 15) is 9.59 Å². The number of nitrogens with zero attached hydrogens (tertiary/aromatic N) is 3. The van der Waals surface area contributed by atoms with Crippen LogP contribution in [0.25, 0.3) is 5.69 Å². The number of allylic oxidation sites excluding steroid dienone is 1. The predicted molar refractivity (Wildman–Crippen MR) is 96.9 cm³/mol. The van der Waals surface area contributed by atoms with Crippen molar-refractivity contribution in [2.45, 2.75) is 12.5 Å². The molecule has 0 fully saturated rings. The largest absolute Gasteiger partial charge is 0.479 e. The number of ketones is 2. The summed E-state index contributed by atoms with van der Waals surface area (Å²) in [7, 11) is 0. The lowest BCUT2D eigenvalue weighted by Crippen LogP contribution is -2.19. The monoisotopic (exact) mass is 377 g/mol. The Hall–Kier alpha value is -3.25. The van der Waals surface area contributed by atoms with Crippen molar-refractivity contribution in [1.29, 1.82) is 0 Å². The number of halogens is 1. The van der Waals surface area contributed by atoms with Gasteiger partial charge >= 0.3 is 0 Å². The molecule has 3 aromatic rings. The summed E-state index contributed by atoms with van der Waals surface area (Å²) in [6.45, 7) is 0. The van der Waals surface area contributed by atoms with Gasteiger partial charge in [0.2, 0.25) is 5.78 Å². The number of rotatable bonds is 2. The number of hydrogen-bond acceptors (Lipinski definition) is 5. The van der Waals surface area contributed by atoms with Gasteiger partial charge in [0.25, 0.3) is 0 Å². The smallest absolute Gasteiger partial charge is 0.228 e. The van der Waals surface area contributed by atoms with Crippen LogP contribution in [0.15, 0.2) is 66.1 Å². The third-order valence-electron chi connectivity index (χ3n) is 4.75. The van der Waals surface area contributed by atoms with E-state index in [-0.39, 0.29) is 17.3 Å². The van der Waals surface area contributed by atoms with Crippen LogP contribution in [-0.2, 0) is 4.74 Å². The first kappa shape index (κ1) is 16.0. The van der Waals surface area contributed by atoms with Crippen LogP contribution in [0.2, 0.25) is 5.02 Å². The molecule has 0 spiro atoms. The van der Waals surface area contributed by atoms with E-state index in [0.29, 0.717) is 33.8 Å². The third-order valence-corrected chi connectivity index (χ3v) is 5.00. The van der Waals surface area contributed by atoms with E-state index < -0.39 is 6.10 Å². The molecule has 27 heavy (non-hydrogen) atoms. The molecule has 0 saturated carbocycles. The van der Waals surface area contributed by atoms with Crippen molar-refractivity contribution in [3.63, 3.8) is 0 Å². The van der Waals surface area contributed by atoms with Crippen molar-refractivity contribution >= 4 is 23.2 Å². The normalized spacial score (nSPS) is 18.3. The Balaban J connectivity index is 1.44. The molecule has 1 atom stereocenters. The Morgan fingerprint density at radius 2 is 1.70 bits per heavy atom. The number of fused-ring (bicyclic) bond motifs is 1. The van der Waals surface area contributed by atoms with Crippen LogP contribution in [-0.4, -0.2) is 26.6 Å². The zero-order chi connectivity index (χ0) is 18.5. The van der Waals surface area contributed by atoms with Crippen LogP contribution < -0.4 is 0 Å². The summed E-state index contributed by atoms with van der Waals surface area (Å²) >= 11 is 5.91. The van der Waals surface area contributed by atoms with Crippen LogP contribution in [0.1, 0.15) is 38.9 Å². The number of aromatic nitrogens is 3. The molecule has 0 N–H and O–H groups in total. The Morgan fingerprint density at radius 1 is 1.00 bits per heavy atom. The standard InChI is InChI=1S/C20H12ClN3O3/c21-11-5-7-12(8-6-11)24-10-16(22-23-24)17-9-15-18(25)13-3-1-2-4-14(13)19(26)20(15)27-17/h1-8,10,17H,9H2. The van der Waals surface area contributed by atoms with Gasteiger partial charge in [0.15, 0.2) is 11.5 Å². The Kier molecular flexibility index (Phi) is 3.48. The van der Waals surface area contributed by atoms with Crippen LogP contribution in [0.5, 0.6) is 0 Å². The summed E-state index contributed by atoms with van der Waals surface area (Å²) in [5.41, 5.74) is 2.57. The molecule has 1 aromatic heterocycles. The highest BCUT2D eigenvalue weighted by atomic mass is 35.5. The van der Waals surface area contributed by atoms with Crippen molar-refractivity contribution in [2.75, 3.05) is 0 Å². The maximum Gasteiger partial charge on any atom is 0.228 e. The van der Waals surface area contributed by atoms with E-state index in [1.54, 1.807) is 47.3 Å². The van der Waals surface area contributed by atoms with Gasteiger partial charge in [-0.1, -0.05) is 41.1 Å². The molecular weight excluding hydrogens is 366 g/mol. The van der Waals surface area contributed by atoms with Crippen LogP contribution >= 0.6 is 11.6 Å². The molecule has 5 rings (SSSR count). The van der Waals surface area contributed by atoms with Gasteiger partial charge in [-0.25, -0.2) is 4.68 Å². The molecule has 0 radical (unpaired) electrons. The van der Waals surface area contributed by atoms with E-state index in [2.05, 4.69) is 10.3 Å². The van der Waals surface area contributed by atoms with Crippen LogP contribution in [0.4, 0.5) is 0 Å². The minimum Gasteiger partial charge on any atom is -0.479 e. The SMILES string of the molecule is O=C1C2=C(OC(c3cn(-c4ccc(Cl)cc4)nn3)C2)C(=O)c2ccccc21. The number of carbonyl (C=O) groups is 2. The summed E-state index contributed by atoms with van der Waals surface area (Å²) < 4.78 is 7.43. The fourth-order valence-electron chi connectivity index (χ4n) is 3.39. The highest BCUT2D eigenvalue weighted by Crippen LogP contribution is 2.41. The molecule has 1 aliphatic carbocycles. The van der Waals surface area contributed by atoms with Gasteiger partial charge in [-0.05, 0) is 24.3 Å². The predicted octanol–water partition coefficient (Wildman–Crippen LogP) is 3.72. The number of ether oxygens (including phenoxy) is 1. The van der Waals surface area contributed by atoms with Crippen molar-refractivity contribution in [3.8, 4) is 5.69 Å². The molecule has 2 heterocycles. The summed E-state index contributed by atoms with van der Waals surface area (Å²) in [5.74, 6) is -0.287. The number of benzene rings is 2. The summed E-state index contributed by atoms with van der Waals surface area (Å²) in [6, 6.07) is 14.0. The van der Waals surface area contributed by atoms with E-state index in [4.69, 9.17) is 16.3 Å². The molecule has 6 nitrogen and oxygen atoms in total. The average Bonchev–Trinajstić information content (AvgIpc) is 3.34. The minimum absolute atomic E-state index is 0.129. The summed E-state index contributed by atoms with van der Waals surface area (Å²) in [4.78, 5) is 25.4. The second-order valence-corrected chi connectivity index (χ2v) is 6.82.